The minimum Gasteiger partial charge on any atom is -0.450 e. The molecule has 9 heteroatoms. The molecule has 2 N–H and O–H groups in total. The SMILES string of the molecule is CCOC(=O)NC(=O)/C(C#N)=N\Nc1ccc(C(=O)c2ccc(C)cc2)c(Cl)c1. The predicted molar refractivity (Wildman–Crippen MR) is 108 cm³/mol. The Morgan fingerprint density at radius 3 is 2.45 bits per heavy atom. The molecule has 0 aliphatic heterocycles. The van der Waals surface area contributed by atoms with Crippen molar-refractivity contribution in [3.05, 3.63) is 64.2 Å². The molecule has 0 unspecified atom stereocenters. The molecule has 0 saturated heterocycles. The third-order valence-electron chi connectivity index (χ3n) is 3.64. The Balaban J connectivity index is 2.13. The number of anilines is 1. The van der Waals surface area contributed by atoms with Crippen LogP contribution in [0.5, 0.6) is 0 Å². The lowest BCUT2D eigenvalue weighted by atomic mass is 10.0. The van der Waals surface area contributed by atoms with Gasteiger partial charge in [0.15, 0.2) is 5.78 Å². The van der Waals surface area contributed by atoms with Crippen LogP contribution in [0.25, 0.3) is 0 Å². The van der Waals surface area contributed by atoms with Crippen molar-refractivity contribution >= 4 is 40.8 Å². The number of halogens is 1. The molecular formula is C20H17ClN4O4. The second-order valence-electron chi connectivity index (χ2n) is 5.75. The van der Waals surface area contributed by atoms with E-state index in [0.29, 0.717) is 16.8 Å². The molecule has 0 aliphatic carbocycles. The summed E-state index contributed by atoms with van der Waals surface area (Å²) in [7, 11) is 0. The Bertz CT molecular complexity index is 1010. The minimum atomic E-state index is -1.02. The zero-order valence-corrected chi connectivity index (χ0v) is 16.4. The van der Waals surface area contributed by atoms with Crippen LogP contribution in [-0.2, 0) is 9.53 Å². The van der Waals surface area contributed by atoms with Gasteiger partial charge in [-0.15, -0.1) is 0 Å². The van der Waals surface area contributed by atoms with Crippen molar-refractivity contribution in [1.82, 2.24) is 5.32 Å². The van der Waals surface area contributed by atoms with Gasteiger partial charge >= 0.3 is 6.09 Å². The van der Waals surface area contributed by atoms with E-state index in [-0.39, 0.29) is 17.4 Å². The number of hydrazone groups is 1. The smallest absolute Gasteiger partial charge is 0.414 e. The molecular weight excluding hydrogens is 396 g/mol. The molecule has 0 saturated carbocycles. The fourth-order valence-corrected chi connectivity index (χ4v) is 2.46. The largest absolute Gasteiger partial charge is 0.450 e. The molecule has 0 atom stereocenters. The van der Waals surface area contributed by atoms with Crippen molar-refractivity contribution in [2.75, 3.05) is 12.0 Å². The molecule has 0 aromatic heterocycles. The normalized spacial score (nSPS) is 10.6. The van der Waals surface area contributed by atoms with Crippen LogP contribution in [0.15, 0.2) is 47.6 Å². The summed E-state index contributed by atoms with van der Waals surface area (Å²) < 4.78 is 4.56. The number of ether oxygens (including phenoxy) is 1. The molecule has 0 bridgehead atoms. The summed E-state index contributed by atoms with van der Waals surface area (Å²) in [5.74, 6) is -1.26. The van der Waals surface area contributed by atoms with Crippen LogP contribution in [0.4, 0.5) is 10.5 Å². The molecule has 148 valence electrons. The van der Waals surface area contributed by atoms with Gasteiger partial charge in [0.05, 0.1) is 17.3 Å². The summed E-state index contributed by atoms with van der Waals surface area (Å²) in [6.07, 6.45) is -0.984. The Morgan fingerprint density at radius 1 is 1.17 bits per heavy atom. The second-order valence-corrected chi connectivity index (χ2v) is 6.16. The lowest BCUT2D eigenvalue weighted by Crippen LogP contribution is -2.36. The zero-order chi connectivity index (χ0) is 21.4. The van der Waals surface area contributed by atoms with E-state index in [0.717, 1.165) is 5.56 Å². The Labute approximate surface area is 172 Å². The summed E-state index contributed by atoms with van der Waals surface area (Å²) >= 11 is 6.21. The standard InChI is InChI=1S/C20H17ClN4O4/c1-3-29-20(28)23-19(27)17(11-22)25-24-14-8-9-15(16(21)10-14)18(26)13-6-4-12(2)5-7-13/h4-10,24H,3H2,1-2H3,(H,23,27,28)/b25-17-. The predicted octanol–water partition coefficient (Wildman–Crippen LogP) is 3.44. The summed E-state index contributed by atoms with van der Waals surface area (Å²) in [4.78, 5) is 35.6. The third-order valence-corrected chi connectivity index (χ3v) is 3.95. The maximum atomic E-state index is 12.6. The fourth-order valence-electron chi connectivity index (χ4n) is 2.20. The van der Waals surface area contributed by atoms with E-state index in [4.69, 9.17) is 16.9 Å². The molecule has 0 spiro atoms. The van der Waals surface area contributed by atoms with Crippen molar-refractivity contribution in [2.45, 2.75) is 13.8 Å². The van der Waals surface area contributed by atoms with Crippen LogP contribution in [0.1, 0.15) is 28.4 Å². The number of alkyl carbamates (subject to hydrolysis) is 1. The van der Waals surface area contributed by atoms with E-state index in [1.807, 2.05) is 24.4 Å². The summed E-state index contributed by atoms with van der Waals surface area (Å²) in [5, 5.41) is 14.7. The van der Waals surface area contributed by atoms with Crippen LogP contribution in [0.3, 0.4) is 0 Å². The molecule has 0 aliphatic rings. The minimum absolute atomic E-state index is 0.0720. The number of benzene rings is 2. The van der Waals surface area contributed by atoms with E-state index in [1.165, 1.54) is 18.2 Å². The van der Waals surface area contributed by atoms with Gasteiger partial charge in [-0.05, 0) is 32.0 Å². The van der Waals surface area contributed by atoms with Gasteiger partial charge in [-0.25, -0.2) is 4.79 Å². The van der Waals surface area contributed by atoms with Crippen LogP contribution in [0.2, 0.25) is 5.02 Å². The number of carbonyl (C=O) groups excluding carboxylic acids is 3. The monoisotopic (exact) mass is 412 g/mol. The van der Waals surface area contributed by atoms with Gasteiger partial charge in [-0.3, -0.25) is 20.3 Å². The van der Waals surface area contributed by atoms with Gasteiger partial charge in [-0.1, -0.05) is 41.4 Å². The lowest BCUT2D eigenvalue weighted by Gasteiger charge is -2.07. The van der Waals surface area contributed by atoms with E-state index < -0.39 is 17.7 Å². The first kappa shape index (κ1) is 21.6. The number of carbonyl (C=O) groups is 3. The van der Waals surface area contributed by atoms with Gasteiger partial charge in [0.2, 0.25) is 5.71 Å². The average molecular weight is 413 g/mol. The summed E-state index contributed by atoms with van der Waals surface area (Å²) in [6.45, 7) is 3.56. The Hall–Kier alpha value is -3.70. The summed E-state index contributed by atoms with van der Waals surface area (Å²) in [5.41, 5.74) is 4.07. The molecule has 2 rings (SSSR count). The first-order valence-electron chi connectivity index (χ1n) is 8.48. The van der Waals surface area contributed by atoms with E-state index in [2.05, 4.69) is 15.3 Å². The zero-order valence-electron chi connectivity index (χ0n) is 15.7. The molecule has 0 heterocycles. The quantitative estimate of drug-likeness (QED) is 0.426. The number of hydrogen-bond acceptors (Lipinski definition) is 7. The highest BCUT2D eigenvalue weighted by molar-refractivity contribution is 6.46. The van der Waals surface area contributed by atoms with Crippen molar-refractivity contribution in [3.8, 4) is 6.07 Å². The van der Waals surface area contributed by atoms with Crippen molar-refractivity contribution in [1.29, 1.82) is 5.26 Å². The van der Waals surface area contributed by atoms with E-state index in [9.17, 15) is 14.4 Å². The van der Waals surface area contributed by atoms with Crippen LogP contribution >= 0.6 is 11.6 Å². The number of ketones is 1. The lowest BCUT2D eigenvalue weighted by molar-refractivity contribution is -0.114. The number of imide groups is 1. The van der Waals surface area contributed by atoms with Crippen LogP contribution in [-0.4, -0.2) is 30.1 Å². The molecule has 8 nitrogen and oxygen atoms in total. The highest BCUT2D eigenvalue weighted by Crippen LogP contribution is 2.24. The molecule has 2 aromatic rings. The molecule has 2 amide bonds. The number of rotatable bonds is 6. The van der Waals surface area contributed by atoms with Gasteiger partial charge < -0.3 is 4.74 Å². The summed E-state index contributed by atoms with van der Waals surface area (Å²) in [6, 6.07) is 13.1. The van der Waals surface area contributed by atoms with Crippen LogP contribution in [0, 0.1) is 18.3 Å². The topological polar surface area (TPSA) is 121 Å². The van der Waals surface area contributed by atoms with E-state index >= 15 is 0 Å². The van der Waals surface area contributed by atoms with Gasteiger partial charge in [0.25, 0.3) is 5.91 Å². The van der Waals surface area contributed by atoms with Gasteiger partial charge in [0, 0.05) is 11.1 Å². The Morgan fingerprint density at radius 2 is 1.86 bits per heavy atom. The molecule has 0 radical (unpaired) electrons. The number of nitriles is 1. The second kappa shape index (κ2) is 10.0. The first-order valence-corrected chi connectivity index (χ1v) is 8.86. The fraction of sp³-hybridized carbons (Fsp3) is 0.150. The number of nitrogens with one attached hydrogen (secondary N) is 2. The van der Waals surface area contributed by atoms with Crippen molar-refractivity contribution < 1.29 is 19.1 Å². The van der Waals surface area contributed by atoms with Crippen LogP contribution < -0.4 is 10.7 Å². The molecule has 2 aromatic carbocycles. The first-order chi connectivity index (χ1) is 13.8. The van der Waals surface area contributed by atoms with Gasteiger partial charge in [0.1, 0.15) is 6.07 Å². The highest BCUT2D eigenvalue weighted by Gasteiger charge is 2.16. The number of amides is 2. The van der Waals surface area contributed by atoms with E-state index in [1.54, 1.807) is 25.1 Å². The number of nitrogens with zero attached hydrogens (tertiary/aromatic N) is 2. The molecule has 0 fully saturated rings. The molecule has 29 heavy (non-hydrogen) atoms. The highest BCUT2D eigenvalue weighted by atomic mass is 35.5. The average Bonchev–Trinajstić information content (AvgIpc) is 2.68. The van der Waals surface area contributed by atoms with Crippen molar-refractivity contribution in [3.63, 3.8) is 0 Å². The Kier molecular flexibility index (Phi) is 7.46. The number of hydrogen-bond donors (Lipinski definition) is 2. The number of aryl methyl sites for hydroxylation is 1. The maximum Gasteiger partial charge on any atom is 0.414 e. The maximum absolute atomic E-state index is 12.6. The van der Waals surface area contributed by atoms with Crippen molar-refractivity contribution in [2.24, 2.45) is 5.10 Å². The van der Waals surface area contributed by atoms with Gasteiger partial charge in [-0.2, -0.15) is 10.4 Å². The third kappa shape index (κ3) is 5.89.